The van der Waals surface area contributed by atoms with Crippen molar-refractivity contribution in [2.75, 3.05) is 6.61 Å². The molecule has 2 rings (SSSR count). The van der Waals surface area contributed by atoms with Crippen LogP contribution in [0.3, 0.4) is 0 Å². The molecule has 5 atom stereocenters. The molecule has 2 unspecified atom stereocenters. The molecule has 0 aliphatic carbocycles. The van der Waals surface area contributed by atoms with E-state index < -0.39 is 64.1 Å². The van der Waals surface area contributed by atoms with Crippen LogP contribution in [0, 0.1) is 0 Å². The molecule has 1 saturated heterocycles. The molecule has 0 bridgehead atoms. The Morgan fingerprint density at radius 3 is 2.27 bits per heavy atom. The molecule has 30 heavy (non-hydrogen) atoms. The van der Waals surface area contributed by atoms with E-state index in [1.165, 1.54) is 0 Å². The highest BCUT2D eigenvalue weighted by Gasteiger charge is 2.56. The highest BCUT2D eigenvalue weighted by atomic mass is 35.5. The summed E-state index contributed by atoms with van der Waals surface area (Å²) in [6.45, 7) is -1.07. The average molecular weight is 537 g/mol. The second-order valence-corrected chi connectivity index (χ2v) is 11.4. The molecule has 21 heteroatoms. The number of aromatic nitrogens is 2. The Morgan fingerprint density at radius 1 is 1.13 bits per heavy atom. The minimum absolute atomic E-state index is 0.704. The molecule has 16 nitrogen and oxygen atoms in total. The number of halogens is 2. The highest BCUT2D eigenvalue weighted by Crippen LogP contribution is 2.66. The fourth-order valence-electron chi connectivity index (χ4n) is 2.19. The van der Waals surface area contributed by atoms with E-state index >= 15 is 0 Å². The number of aliphatic hydroxyl groups excluding tert-OH is 1. The smallest absolute Gasteiger partial charge is 0.387 e. The molecule has 0 spiro atoms. The van der Waals surface area contributed by atoms with E-state index in [4.69, 9.17) is 42.6 Å². The van der Waals surface area contributed by atoms with Crippen LogP contribution in [-0.4, -0.2) is 57.4 Å². The van der Waals surface area contributed by atoms with E-state index in [2.05, 4.69) is 13.1 Å². The van der Waals surface area contributed by atoms with E-state index in [0.29, 0.717) is 4.57 Å². The van der Waals surface area contributed by atoms with Gasteiger partial charge in [0.2, 0.25) is 0 Å². The van der Waals surface area contributed by atoms with Crippen LogP contribution in [0.15, 0.2) is 21.9 Å². The fraction of sp³-hybridized carbons (Fsp3) is 0.556. The van der Waals surface area contributed by atoms with Crippen LogP contribution in [0.5, 0.6) is 0 Å². The fourth-order valence-corrected chi connectivity index (χ4v) is 5.81. The lowest BCUT2D eigenvalue weighted by Crippen LogP contribution is -2.41. The summed E-state index contributed by atoms with van der Waals surface area (Å²) >= 11 is 12.0. The Kier molecular flexibility index (Phi) is 7.62. The van der Waals surface area contributed by atoms with Crippen LogP contribution in [0.4, 0.5) is 0 Å². The Labute approximate surface area is 175 Å². The van der Waals surface area contributed by atoms with Crippen molar-refractivity contribution < 1.29 is 56.3 Å². The summed E-state index contributed by atoms with van der Waals surface area (Å²) in [4.78, 5) is 60.3. The Morgan fingerprint density at radius 2 is 1.73 bits per heavy atom. The van der Waals surface area contributed by atoms with Gasteiger partial charge in [0.25, 0.3) is 5.56 Å². The van der Waals surface area contributed by atoms with Crippen molar-refractivity contribution >= 4 is 46.7 Å². The van der Waals surface area contributed by atoms with Crippen molar-refractivity contribution in [2.45, 2.75) is 22.8 Å². The maximum Gasteiger partial charge on any atom is 0.490 e. The zero-order valence-corrected chi connectivity index (χ0v) is 18.2. The summed E-state index contributed by atoms with van der Waals surface area (Å²) in [5.74, 6) is 0. The molecule has 0 aromatic carbocycles. The molecule has 1 aromatic rings. The lowest BCUT2D eigenvalue weighted by atomic mass is 10.2. The van der Waals surface area contributed by atoms with Gasteiger partial charge < -0.3 is 29.4 Å². The Hall–Kier alpha value is -0.410. The predicted molar refractivity (Wildman–Crippen MR) is 95.5 cm³/mol. The number of hydrogen-bond acceptors (Lipinski definition) is 10. The summed E-state index contributed by atoms with van der Waals surface area (Å²) in [6.07, 6.45) is -4.15. The normalized spacial score (nSPS) is 28.0. The van der Waals surface area contributed by atoms with Crippen molar-refractivity contribution in [3.8, 4) is 0 Å². The third-order valence-corrected chi connectivity index (χ3v) is 7.92. The first-order valence-electron chi connectivity index (χ1n) is 7.25. The molecule has 0 radical (unpaired) electrons. The summed E-state index contributed by atoms with van der Waals surface area (Å²) in [7, 11) is -16.8. The molecule has 1 aliphatic rings. The minimum Gasteiger partial charge on any atom is -0.387 e. The molecule has 172 valence electrons. The monoisotopic (exact) mass is 536 g/mol. The van der Waals surface area contributed by atoms with Gasteiger partial charge in [0.1, 0.15) is 12.2 Å². The lowest BCUT2D eigenvalue weighted by molar-refractivity contribution is -0.0452. The van der Waals surface area contributed by atoms with Gasteiger partial charge >= 0.3 is 29.2 Å². The second kappa shape index (κ2) is 8.85. The van der Waals surface area contributed by atoms with Crippen LogP contribution in [-0.2, 0) is 31.6 Å². The quantitative estimate of drug-likeness (QED) is 0.178. The second-order valence-electron chi connectivity index (χ2n) is 5.55. The van der Waals surface area contributed by atoms with Crippen molar-refractivity contribution in [3.63, 3.8) is 0 Å². The predicted octanol–water partition coefficient (Wildman–Crippen LogP) is -0.688. The molecule has 2 heterocycles. The van der Waals surface area contributed by atoms with Gasteiger partial charge in [-0.1, -0.05) is 23.2 Å². The zero-order valence-electron chi connectivity index (χ0n) is 14.0. The highest BCUT2D eigenvalue weighted by molar-refractivity contribution is 7.66. The molecule has 1 aliphatic heterocycles. The minimum atomic E-state index is -5.74. The van der Waals surface area contributed by atoms with Gasteiger partial charge in [-0.25, -0.2) is 18.5 Å². The van der Waals surface area contributed by atoms with Crippen molar-refractivity contribution in [1.29, 1.82) is 0 Å². The first-order chi connectivity index (χ1) is 13.4. The maximum absolute atomic E-state index is 11.9. The summed E-state index contributed by atoms with van der Waals surface area (Å²) in [5.41, 5.74) is -1.77. The summed E-state index contributed by atoms with van der Waals surface area (Å²) < 4.78 is 48.7. The van der Waals surface area contributed by atoms with E-state index in [1.807, 2.05) is 4.98 Å². The van der Waals surface area contributed by atoms with E-state index in [1.54, 1.807) is 0 Å². The molecule has 1 aromatic heterocycles. The molecule has 1 fully saturated rings. The van der Waals surface area contributed by atoms with Gasteiger partial charge in [0.05, 0.1) is 6.61 Å². The van der Waals surface area contributed by atoms with Gasteiger partial charge in [-0.05, 0) is 0 Å². The van der Waals surface area contributed by atoms with Gasteiger partial charge in [-0.3, -0.25) is 18.9 Å². The number of phosphoric ester groups is 1. The van der Waals surface area contributed by atoms with Crippen LogP contribution in [0.25, 0.3) is 0 Å². The Balaban J connectivity index is 2.13. The van der Waals surface area contributed by atoms with Gasteiger partial charge in [0, 0.05) is 12.3 Å². The number of nitrogens with one attached hydrogen (secondary N) is 1. The molecular formula is C9H13Cl2N2O14P3. The van der Waals surface area contributed by atoms with E-state index in [9.17, 15) is 33.3 Å². The average Bonchev–Trinajstić information content (AvgIpc) is 2.73. The molecule has 0 amide bonds. The van der Waals surface area contributed by atoms with Crippen LogP contribution in [0.2, 0.25) is 0 Å². The van der Waals surface area contributed by atoms with Gasteiger partial charge in [0.15, 0.2) is 10.6 Å². The van der Waals surface area contributed by atoms with Crippen molar-refractivity contribution in [3.05, 3.63) is 33.1 Å². The maximum atomic E-state index is 11.9. The summed E-state index contributed by atoms with van der Waals surface area (Å²) in [6, 6.07) is 0.917. The number of aromatic amines is 1. The topological polar surface area (TPSA) is 244 Å². The number of rotatable bonds is 8. The first kappa shape index (κ1) is 25.8. The first-order valence-corrected chi connectivity index (χ1v) is 12.5. The molecule has 0 saturated carbocycles. The SMILES string of the molecule is O=c1ccn([C@@H]2O[C@H](COP(=O)(O)OP(=O)(O)OP(=O)(O)O)[C@@H](O)C2(Cl)Cl)c(=O)[nH]1. The molecular weight excluding hydrogens is 524 g/mol. The number of H-pyrrole nitrogens is 1. The van der Waals surface area contributed by atoms with Crippen LogP contribution in [0.1, 0.15) is 6.23 Å². The third kappa shape index (κ3) is 6.55. The number of hydrogen-bond donors (Lipinski definition) is 6. The number of aliphatic hydroxyl groups is 1. The van der Waals surface area contributed by atoms with Gasteiger partial charge in [-0.2, -0.15) is 8.62 Å². The van der Waals surface area contributed by atoms with Crippen LogP contribution < -0.4 is 11.2 Å². The number of phosphoric acid groups is 3. The number of alkyl halides is 2. The summed E-state index contributed by atoms with van der Waals surface area (Å²) in [5, 5.41) is 10.2. The third-order valence-electron chi connectivity index (χ3n) is 3.30. The number of nitrogens with zero attached hydrogens (tertiary/aromatic N) is 1. The van der Waals surface area contributed by atoms with Crippen molar-refractivity contribution in [2.24, 2.45) is 0 Å². The molecule has 6 N–H and O–H groups in total. The Bertz CT molecular complexity index is 1050. The lowest BCUT2D eigenvalue weighted by Gasteiger charge is -2.23. The van der Waals surface area contributed by atoms with E-state index in [-0.39, 0.29) is 0 Å². The number of ether oxygens (including phenoxy) is 1. The zero-order chi connectivity index (χ0) is 23.1. The standard InChI is InChI=1S/C9H13Cl2N2O14P3/c10-9(11)6(15)4(25-7(9)13-2-1-5(14)12-8(13)16)3-24-29(20,21)27-30(22,23)26-28(17,18)19/h1-2,4,6-7,15H,3H2,(H,20,21)(H,22,23)(H,12,14,16)(H2,17,18,19)/t4-,6-,7-/m1/s1. The largest absolute Gasteiger partial charge is 0.490 e. The van der Waals surface area contributed by atoms with Crippen molar-refractivity contribution in [1.82, 2.24) is 9.55 Å². The van der Waals surface area contributed by atoms with Crippen LogP contribution >= 0.6 is 46.7 Å². The van der Waals surface area contributed by atoms with E-state index in [0.717, 1.165) is 12.3 Å². The van der Waals surface area contributed by atoms with Gasteiger partial charge in [-0.15, -0.1) is 0 Å².